The molecule has 2 aromatic rings. The minimum absolute atomic E-state index is 0.572. The predicted octanol–water partition coefficient (Wildman–Crippen LogP) is 5.63. The fourth-order valence-electron chi connectivity index (χ4n) is 4.51. The van der Waals surface area contributed by atoms with Crippen molar-refractivity contribution in [3.05, 3.63) is 28.2 Å². The Bertz CT molecular complexity index is 666. The van der Waals surface area contributed by atoms with Crippen LogP contribution >= 0.6 is 15.9 Å². The van der Waals surface area contributed by atoms with E-state index in [0.717, 1.165) is 27.2 Å². The molecule has 1 heterocycles. The summed E-state index contributed by atoms with van der Waals surface area (Å²) in [6, 6.07) is 6.15. The highest BCUT2D eigenvalue weighted by atomic mass is 79.9. The van der Waals surface area contributed by atoms with Crippen molar-refractivity contribution in [1.82, 2.24) is 4.98 Å². The summed E-state index contributed by atoms with van der Waals surface area (Å²) in [7, 11) is -1.87. The van der Waals surface area contributed by atoms with Gasteiger partial charge in [0.25, 0.3) is 0 Å². The molecule has 0 saturated heterocycles. The van der Waals surface area contributed by atoms with Crippen molar-refractivity contribution < 1.29 is 4.79 Å². The SMILES string of the molecule is CC(C)[Si](c1[nH]c2ccc(Br)cc2c1C=O)(C(C)C)C(C)C. The average molecular weight is 380 g/mol. The molecule has 0 bridgehead atoms. The maximum atomic E-state index is 11.9. The number of aromatic amines is 1. The first-order valence-electron chi connectivity index (χ1n) is 8.03. The van der Waals surface area contributed by atoms with Crippen LogP contribution in [0.4, 0.5) is 0 Å². The van der Waals surface area contributed by atoms with Crippen molar-refractivity contribution in [3.8, 4) is 0 Å². The van der Waals surface area contributed by atoms with Crippen LogP contribution in [0.1, 0.15) is 51.9 Å². The minimum Gasteiger partial charge on any atom is -0.361 e. The Morgan fingerprint density at radius 2 is 1.59 bits per heavy atom. The smallest absolute Gasteiger partial charge is 0.152 e. The number of halogens is 1. The number of benzene rings is 1. The molecule has 0 radical (unpaired) electrons. The Hall–Kier alpha value is -0.873. The standard InChI is InChI=1S/C18H26BrNOSi/c1-11(2)22(12(3)4,13(5)6)18-16(10-21)15-9-14(19)7-8-17(15)20-18/h7-13,20H,1-6H3. The van der Waals surface area contributed by atoms with Gasteiger partial charge in [-0.2, -0.15) is 0 Å². The van der Waals surface area contributed by atoms with Crippen LogP contribution in [0.5, 0.6) is 0 Å². The van der Waals surface area contributed by atoms with Gasteiger partial charge in [0.2, 0.25) is 0 Å². The average Bonchev–Trinajstić information content (AvgIpc) is 2.75. The monoisotopic (exact) mass is 379 g/mol. The normalized spacial score (nSPS) is 12.8. The van der Waals surface area contributed by atoms with Crippen molar-refractivity contribution in [1.29, 1.82) is 0 Å². The van der Waals surface area contributed by atoms with Gasteiger partial charge in [-0.05, 0) is 34.8 Å². The molecule has 0 amide bonds. The largest absolute Gasteiger partial charge is 0.361 e. The van der Waals surface area contributed by atoms with Gasteiger partial charge in [0.1, 0.15) is 8.07 Å². The number of carbonyl (C=O) groups excluding carboxylic acids is 1. The summed E-state index contributed by atoms with van der Waals surface area (Å²) in [6.45, 7) is 13.9. The molecule has 0 fully saturated rings. The van der Waals surface area contributed by atoms with E-state index < -0.39 is 8.07 Å². The van der Waals surface area contributed by atoms with E-state index in [4.69, 9.17) is 0 Å². The lowest BCUT2D eigenvalue weighted by molar-refractivity contribution is 0.112. The van der Waals surface area contributed by atoms with E-state index in [9.17, 15) is 4.79 Å². The molecule has 1 N–H and O–H groups in total. The lowest BCUT2D eigenvalue weighted by Gasteiger charge is -2.42. The number of aldehydes is 1. The number of hydrogen-bond acceptors (Lipinski definition) is 1. The van der Waals surface area contributed by atoms with Crippen LogP contribution in [0.15, 0.2) is 22.7 Å². The van der Waals surface area contributed by atoms with Crippen LogP contribution < -0.4 is 5.32 Å². The molecule has 4 heteroatoms. The highest BCUT2D eigenvalue weighted by Gasteiger charge is 2.47. The lowest BCUT2D eigenvalue weighted by Crippen LogP contribution is -2.57. The molecular formula is C18H26BrNOSi. The van der Waals surface area contributed by atoms with E-state index >= 15 is 0 Å². The molecule has 1 aromatic carbocycles. The molecule has 22 heavy (non-hydrogen) atoms. The van der Waals surface area contributed by atoms with Gasteiger partial charge >= 0.3 is 0 Å². The zero-order valence-corrected chi connectivity index (χ0v) is 16.9. The van der Waals surface area contributed by atoms with Gasteiger partial charge in [-0.3, -0.25) is 4.79 Å². The first-order valence-corrected chi connectivity index (χ1v) is 11.1. The summed E-state index contributed by atoms with van der Waals surface area (Å²) < 4.78 is 1.01. The Morgan fingerprint density at radius 1 is 1.05 bits per heavy atom. The summed E-state index contributed by atoms with van der Waals surface area (Å²) in [4.78, 5) is 15.6. The highest BCUT2D eigenvalue weighted by molar-refractivity contribution is 9.10. The summed E-state index contributed by atoms with van der Waals surface area (Å²) in [6.07, 6.45) is 1.05. The summed E-state index contributed by atoms with van der Waals surface area (Å²) in [5, 5.41) is 2.27. The Morgan fingerprint density at radius 3 is 2.05 bits per heavy atom. The number of aromatic nitrogens is 1. The third-order valence-electron chi connectivity index (χ3n) is 5.22. The molecule has 0 spiro atoms. The first-order chi connectivity index (χ1) is 10.3. The third kappa shape index (κ3) is 2.50. The van der Waals surface area contributed by atoms with Crippen LogP contribution in [0.2, 0.25) is 16.6 Å². The maximum absolute atomic E-state index is 11.9. The van der Waals surface area contributed by atoms with E-state index in [1.54, 1.807) is 0 Å². The number of carbonyl (C=O) groups is 1. The van der Waals surface area contributed by atoms with E-state index in [2.05, 4.69) is 74.6 Å². The molecule has 1 aromatic heterocycles. The van der Waals surface area contributed by atoms with E-state index in [1.165, 1.54) is 5.32 Å². The third-order valence-corrected chi connectivity index (χ3v) is 12.7. The van der Waals surface area contributed by atoms with Gasteiger partial charge in [-0.1, -0.05) is 57.5 Å². The Kier molecular flexibility index (Phi) is 5.02. The number of hydrogen-bond donors (Lipinski definition) is 1. The lowest BCUT2D eigenvalue weighted by atomic mass is 10.2. The van der Waals surface area contributed by atoms with Gasteiger partial charge < -0.3 is 4.98 Å². The van der Waals surface area contributed by atoms with Gasteiger partial charge in [-0.15, -0.1) is 0 Å². The number of rotatable bonds is 5. The second-order valence-electron chi connectivity index (χ2n) is 7.12. The van der Waals surface area contributed by atoms with E-state index in [0.29, 0.717) is 16.6 Å². The molecule has 0 aliphatic carbocycles. The predicted molar refractivity (Wildman–Crippen MR) is 102 cm³/mol. The van der Waals surface area contributed by atoms with Crippen LogP contribution in [0.3, 0.4) is 0 Å². The molecule has 2 nitrogen and oxygen atoms in total. The van der Waals surface area contributed by atoms with Crippen molar-refractivity contribution in [3.63, 3.8) is 0 Å². The van der Waals surface area contributed by atoms with Crippen molar-refractivity contribution in [2.24, 2.45) is 0 Å². The zero-order valence-electron chi connectivity index (χ0n) is 14.3. The fraction of sp³-hybridized carbons (Fsp3) is 0.500. The molecule has 0 aliphatic rings. The second kappa shape index (κ2) is 6.32. The molecular weight excluding hydrogens is 354 g/mol. The zero-order chi connectivity index (χ0) is 16.7. The van der Waals surface area contributed by atoms with Crippen LogP contribution in [-0.4, -0.2) is 19.3 Å². The summed E-state index contributed by atoms with van der Waals surface area (Å²) >= 11 is 3.52. The van der Waals surface area contributed by atoms with Gasteiger partial charge in [-0.25, -0.2) is 0 Å². The quantitative estimate of drug-likeness (QED) is 0.529. The number of H-pyrrole nitrogens is 1. The van der Waals surface area contributed by atoms with E-state index in [-0.39, 0.29) is 0 Å². The molecule has 0 unspecified atom stereocenters. The fourth-order valence-corrected chi connectivity index (χ4v) is 11.6. The van der Waals surface area contributed by atoms with Crippen LogP contribution in [0.25, 0.3) is 10.9 Å². The van der Waals surface area contributed by atoms with E-state index in [1.807, 2.05) is 6.07 Å². The number of fused-ring (bicyclic) bond motifs is 1. The highest BCUT2D eigenvalue weighted by Crippen LogP contribution is 2.42. The van der Waals surface area contributed by atoms with Crippen molar-refractivity contribution in [2.45, 2.75) is 58.2 Å². The Balaban J connectivity index is 2.88. The molecule has 2 rings (SSSR count). The molecule has 0 atom stereocenters. The summed E-state index contributed by atoms with van der Waals surface area (Å²) in [5.74, 6) is 0. The van der Waals surface area contributed by atoms with Crippen molar-refractivity contribution >= 4 is 46.5 Å². The first kappa shape index (κ1) is 17.5. The molecule has 0 saturated carbocycles. The van der Waals surface area contributed by atoms with Gasteiger partial charge in [0.05, 0.1) is 0 Å². The molecule has 120 valence electrons. The second-order valence-corrected chi connectivity index (χ2v) is 13.9. The molecule has 0 aliphatic heterocycles. The van der Waals surface area contributed by atoms with Crippen LogP contribution in [-0.2, 0) is 0 Å². The topological polar surface area (TPSA) is 32.9 Å². The van der Waals surface area contributed by atoms with Crippen molar-refractivity contribution in [2.75, 3.05) is 0 Å². The Labute approximate surface area is 142 Å². The number of nitrogens with one attached hydrogen (secondary N) is 1. The minimum atomic E-state index is -1.87. The summed E-state index contributed by atoms with van der Waals surface area (Å²) in [5.41, 5.74) is 3.66. The van der Waals surface area contributed by atoms with Crippen LogP contribution in [0, 0.1) is 0 Å². The van der Waals surface area contributed by atoms with Gasteiger partial charge in [0.15, 0.2) is 6.29 Å². The van der Waals surface area contributed by atoms with Gasteiger partial charge in [0, 0.05) is 26.3 Å². The maximum Gasteiger partial charge on any atom is 0.152 e.